The van der Waals surface area contributed by atoms with E-state index in [-0.39, 0.29) is 11.3 Å². The maximum Gasteiger partial charge on any atom is 0.209 e. The summed E-state index contributed by atoms with van der Waals surface area (Å²) >= 11 is 2.12. The highest BCUT2D eigenvalue weighted by Gasteiger charge is 2.25. The Hall–Kier alpha value is -3.54. The number of aromatic nitrogens is 3. The molecule has 0 bridgehead atoms. The predicted molar refractivity (Wildman–Crippen MR) is 140 cm³/mol. The van der Waals surface area contributed by atoms with Gasteiger partial charge in [0.1, 0.15) is 17.1 Å². The number of methoxy groups -OCH3 is 1. The summed E-state index contributed by atoms with van der Waals surface area (Å²) in [6.07, 6.45) is 1.69. The fourth-order valence-corrected chi connectivity index (χ4v) is 5.35. The Morgan fingerprint density at radius 3 is 2.47 bits per heavy atom. The second kappa shape index (κ2) is 8.84. The van der Waals surface area contributed by atoms with Gasteiger partial charge in [0.05, 0.1) is 35.1 Å². The van der Waals surface area contributed by atoms with Crippen molar-refractivity contribution in [3.8, 4) is 16.9 Å². The van der Waals surface area contributed by atoms with Crippen LogP contribution in [0.1, 0.15) is 21.9 Å². The maximum atomic E-state index is 13.8. The Kier molecular flexibility index (Phi) is 5.93. The van der Waals surface area contributed by atoms with Crippen molar-refractivity contribution in [3.63, 3.8) is 0 Å². The number of imidazole rings is 1. The predicted octanol–water partition coefficient (Wildman–Crippen LogP) is 6.10. The number of nitrogens with zero attached hydrogens (tertiary/aromatic N) is 3. The third kappa shape index (κ3) is 3.54. The Labute approximate surface area is 217 Å². The smallest absolute Gasteiger partial charge is 0.209 e. The van der Waals surface area contributed by atoms with Crippen molar-refractivity contribution in [2.45, 2.75) is 6.92 Å². The second-order valence-corrected chi connectivity index (χ2v) is 9.43. The molecule has 2 aromatic carbocycles. The number of anilines is 1. The summed E-state index contributed by atoms with van der Waals surface area (Å²) in [6, 6.07) is 8.64. The van der Waals surface area contributed by atoms with E-state index in [1.807, 2.05) is 30.7 Å². The molecule has 0 fully saturated rings. The van der Waals surface area contributed by atoms with Gasteiger partial charge >= 0.3 is 0 Å². The Bertz CT molecular complexity index is 1680. The summed E-state index contributed by atoms with van der Waals surface area (Å²) in [5, 5.41) is 3.26. The van der Waals surface area contributed by atoms with Gasteiger partial charge in [0, 0.05) is 41.1 Å². The van der Waals surface area contributed by atoms with Crippen LogP contribution in [-0.2, 0) is 7.05 Å². The number of rotatable bonds is 5. The third-order valence-electron chi connectivity index (χ3n) is 6.33. The molecule has 184 valence electrons. The minimum absolute atomic E-state index is 0.182. The molecular formula is C26H20F3IN4O2. The lowest BCUT2D eigenvalue weighted by atomic mass is 10.0. The summed E-state index contributed by atoms with van der Waals surface area (Å²) in [5.74, 6) is -3.65. The molecule has 0 saturated heterocycles. The van der Waals surface area contributed by atoms with Gasteiger partial charge in [0.2, 0.25) is 5.78 Å². The van der Waals surface area contributed by atoms with Crippen LogP contribution < -0.4 is 10.1 Å². The average molecular weight is 604 g/mol. The number of fused-ring (bicyclic) bond motifs is 2. The van der Waals surface area contributed by atoms with Crippen LogP contribution >= 0.6 is 22.6 Å². The number of aryl methyl sites for hydroxylation is 2. The highest BCUT2D eigenvalue weighted by molar-refractivity contribution is 14.1. The van der Waals surface area contributed by atoms with Gasteiger partial charge < -0.3 is 19.0 Å². The molecule has 5 aromatic rings. The van der Waals surface area contributed by atoms with Gasteiger partial charge in [-0.3, -0.25) is 4.79 Å². The first-order valence-electron chi connectivity index (χ1n) is 10.9. The van der Waals surface area contributed by atoms with E-state index in [0.29, 0.717) is 23.4 Å². The van der Waals surface area contributed by atoms with Crippen LogP contribution in [0.4, 0.5) is 18.9 Å². The van der Waals surface area contributed by atoms with Gasteiger partial charge in [-0.1, -0.05) is 6.07 Å². The lowest BCUT2D eigenvalue weighted by molar-refractivity contribution is 0.103. The fraction of sp³-hybridized carbons (Fsp3) is 0.154. The quantitative estimate of drug-likeness (QED) is 0.150. The van der Waals surface area contributed by atoms with Gasteiger partial charge in [0.25, 0.3) is 0 Å². The zero-order valence-corrected chi connectivity index (χ0v) is 21.9. The molecule has 3 aromatic heterocycles. The van der Waals surface area contributed by atoms with E-state index in [4.69, 9.17) is 9.72 Å². The van der Waals surface area contributed by atoms with Gasteiger partial charge in [0.15, 0.2) is 17.5 Å². The number of benzene rings is 2. The number of ketones is 1. The van der Waals surface area contributed by atoms with Crippen LogP contribution in [0.2, 0.25) is 0 Å². The van der Waals surface area contributed by atoms with Crippen molar-refractivity contribution >= 4 is 50.6 Å². The van der Waals surface area contributed by atoms with Crippen LogP contribution in [-0.4, -0.2) is 33.9 Å². The molecule has 3 heterocycles. The van der Waals surface area contributed by atoms with Crippen LogP contribution in [0.15, 0.2) is 42.6 Å². The van der Waals surface area contributed by atoms with Crippen LogP contribution in [0.25, 0.3) is 27.7 Å². The third-order valence-corrected chi connectivity index (χ3v) is 7.15. The number of carbonyl (C=O) groups is 1. The fourth-order valence-electron chi connectivity index (χ4n) is 4.51. The maximum absolute atomic E-state index is 13.8. The minimum Gasteiger partial charge on any atom is -0.496 e. The van der Waals surface area contributed by atoms with Crippen LogP contribution in [0.5, 0.6) is 5.75 Å². The average Bonchev–Trinajstić information content (AvgIpc) is 3.36. The van der Waals surface area contributed by atoms with E-state index < -0.39 is 23.2 Å². The molecule has 0 aliphatic rings. The summed E-state index contributed by atoms with van der Waals surface area (Å²) in [5.41, 5.74) is 4.54. The molecule has 5 rings (SSSR count). The van der Waals surface area contributed by atoms with Crippen LogP contribution in [0.3, 0.4) is 0 Å². The van der Waals surface area contributed by atoms with Gasteiger partial charge in [-0.05, 0) is 53.8 Å². The number of halogens is 4. The molecule has 0 aliphatic carbocycles. The number of pyridine rings is 1. The topological polar surface area (TPSA) is 60.6 Å². The molecule has 6 nitrogen and oxygen atoms in total. The molecule has 0 atom stereocenters. The van der Waals surface area contributed by atoms with Crippen molar-refractivity contribution in [2.75, 3.05) is 19.5 Å². The van der Waals surface area contributed by atoms with Gasteiger partial charge in [-0.25, -0.2) is 18.2 Å². The van der Waals surface area contributed by atoms with E-state index in [1.165, 1.54) is 0 Å². The second-order valence-electron chi connectivity index (χ2n) is 8.27. The highest BCUT2D eigenvalue weighted by atomic mass is 127. The lowest BCUT2D eigenvalue weighted by Crippen LogP contribution is -2.08. The molecule has 0 saturated carbocycles. The number of hydrogen-bond acceptors (Lipinski definition) is 4. The first-order valence-corrected chi connectivity index (χ1v) is 12.0. The first-order chi connectivity index (χ1) is 17.2. The number of ether oxygens (including phenoxy) is 1. The van der Waals surface area contributed by atoms with Gasteiger partial charge in [-0.15, -0.1) is 0 Å². The minimum atomic E-state index is -1.62. The lowest BCUT2D eigenvalue weighted by Gasteiger charge is -2.17. The summed E-state index contributed by atoms with van der Waals surface area (Å²) < 4.78 is 51.3. The number of carbonyl (C=O) groups excluding carboxylic acids is 1. The monoisotopic (exact) mass is 604 g/mol. The summed E-state index contributed by atoms with van der Waals surface area (Å²) in [6.45, 7) is 1.92. The first kappa shape index (κ1) is 24.2. The zero-order chi connectivity index (χ0) is 25.9. The number of nitrogens with one attached hydrogen (secondary N) is 1. The molecule has 0 amide bonds. The SMILES string of the molecule is CNc1c(-c2cccn3c(C(=O)c4cc(F)c(F)c(F)c4)cc(I)c23)c(OC)cc2c1nc(C)n2C. The Balaban J connectivity index is 1.79. The van der Waals surface area contributed by atoms with Crippen LogP contribution in [0, 0.1) is 27.9 Å². The highest BCUT2D eigenvalue weighted by Crippen LogP contribution is 2.44. The van der Waals surface area contributed by atoms with E-state index >= 15 is 0 Å². The Morgan fingerprint density at radius 1 is 1.14 bits per heavy atom. The molecule has 0 aliphatic heterocycles. The molecule has 10 heteroatoms. The molecule has 36 heavy (non-hydrogen) atoms. The largest absolute Gasteiger partial charge is 0.496 e. The van der Waals surface area contributed by atoms with Crippen molar-refractivity contribution < 1.29 is 22.7 Å². The number of hydrogen-bond donors (Lipinski definition) is 1. The van der Waals surface area contributed by atoms with E-state index in [2.05, 4.69) is 27.9 Å². The standard InChI is InChI=1S/C26H20F3IN4O2/c1-12-32-23-18(33(12)3)11-20(36-4)21(24(23)31-2)14-6-5-7-34-19(10-17(30)25(14)34)26(35)13-8-15(27)22(29)16(28)9-13/h5-11,31H,1-4H3. The molecular weight excluding hydrogens is 584 g/mol. The summed E-state index contributed by atoms with van der Waals surface area (Å²) in [4.78, 5) is 18.0. The van der Waals surface area contributed by atoms with E-state index in [0.717, 1.165) is 37.2 Å². The normalized spacial score (nSPS) is 11.4. The molecule has 0 radical (unpaired) electrons. The van der Waals surface area contributed by atoms with Crippen molar-refractivity contribution in [2.24, 2.45) is 7.05 Å². The van der Waals surface area contributed by atoms with Gasteiger partial charge in [-0.2, -0.15) is 0 Å². The van der Waals surface area contributed by atoms with E-state index in [1.54, 1.807) is 36.9 Å². The Morgan fingerprint density at radius 2 is 1.83 bits per heavy atom. The van der Waals surface area contributed by atoms with Crippen molar-refractivity contribution in [1.82, 2.24) is 14.0 Å². The molecule has 0 spiro atoms. The summed E-state index contributed by atoms with van der Waals surface area (Å²) in [7, 11) is 5.32. The van der Waals surface area contributed by atoms with Crippen molar-refractivity contribution in [3.05, 3.63) is 80.7 Å². The zero-order valence-electron chi connectivity index (χ0n) is 19.7. The van der Waals surface area contributed by atoms with Crippen molar-refractivity contribution in [1.29, 1.82) is 0 Å². The molecule has 0 unspecified atom stereocenters. The molecule has 1 N–H and O–H groups in total. The van der Waals surface area contributed by atoms with E-state index in [9.17, 15) is 18.0 Å².